The normalized spacial score (nSPS) is 15.6. The molecule has 1 heterocycles. The molecule has 0 radical (unpaired) electrons. The molecule has 16 heavy (non-hydrogen) atoms. The molecule has 0 saturated heterocycles. The summed E-state index contributed by atoms with van der Waals surface area (Å²) < 4.78 is 5.46. The molecule has 1 aromatic carbocycles. The van der Waals surface area contributed by atoms with Crippen molar-refractivity contribution in [3.05, 3.63) is 29.3 Å². The minimum Gasteiger partial charge on any atom is -0.493 e. The molecule has 1 aliphatic heterocycles. The number of rotatable bonds is 5. The van der Waals surface area contributed by atoms with Crippen LogP contribution in [0.4, 0.5) is 0 Å². The first-order valence-corrected chi connectivity index (χ1v) is 5.87. The van der Waals surface area contributed by atoms with Crippen molar-refractivity contribution in [3.63, 3.8) is 0 Å². The van der Waals surface area contributed by atoms with Gasteiger partial charge in [-0.05, 0) is 37.1 Å². The van der Waals surface area contributed by atoms with Crippen molar-refractivity contribution in [1.82, 2.24) is 5.32 Å². The van der Waals surface area contributed by atoms with Crippen LogP contribution in [0.1, 0.15) is 17.5 Å². The third kappa shape index (κ3) is 2.74. The van der Waals surface area contributed by atoms with E-state index in [9.17, 15) is 5.11 Å². The maximum absolute atomic E-state index is 9.62. The van der Waals surface area contributed by atoms with Crippen LogP contribution in [0.2, 0.25) is 0 Å². The van der Waals surface area contributed by atoms with Crippen molar-refractivity contribution in [2.45, 2.75) is 25.4 Å². The van der Waals surface area contributed by atoms with Crippen LogP contribution < -0.4 is 10.1 Å². The fraction of sp³-hybridized carbons (Fsp3) is 0.538. The summed E-state index contributed by atoms with van der Waals surface area (Å²) in [4.78, 5) is 0. The summed E-state index contributed by atoms with van der Waals surface area (Å²) >= 11 is 0. The van der Waals surface area contributed by atoms with Gasteiger partial charge in [0.05, 0.1) is 12.7 Å². The predicted molar refractivity (Wildman–Crippen MR) is 63.9 cm³/mol. The average Bonchev–Trinajstić information content (AvgIpc) is 2.74. The lowest BCUT2D eigenvalue weighted by Crippen LogP contribution is -2.23. The number of benzene rings is 1. The fourth-order valence-electron chi connectivity index (χ4n) is 2.07. The van der Waals surface area contributed by atoms with Crippen molar-refractivity contribution >= 4 is 0 Å². The second-order valence-corrected chi connectivity index (χ2v) is 4.29. The molecule has 2 N–H and O–H groups in total. The van der Waals surface area contributed by atoms with Crippen LogP contribution in [-0.4, -0.2) is 31.4 Å². The Labute approximate surface area is 96.4 Å². The molecule has 1 aromatic rings. The van der Waals surface area contributed by atoms with Crippen molar-refractivity contribution < 1.29 is 9.84 Å². The minimum absolute atomic E-state index is 0.255. The predicted octanol–water partition coefficient (Wildman–Crippen LogP) is 1.13. The second kappa shape index (κ2) is 5.32. The fourth-order valence-corrected chi connectivity index (χ4v) is 2.07. The lowest BCUT2D eigenvalue weighted by molar-refractivity contribution is 0.165. The molecule has 0 spiro atoms. The number of nitrogens with one attached hydrogen (secondary N) is 1. The number of hydrogen-bond donors (Lipinski definition) is 2. The Balaban J connectivity index is 1.90. The third-order valence-corrected chi connectivity index (χ3v) is 2.96. The molecule has 0 aliphatic carbocycles. The van der Waals surface area contributed by atoms with Gasteiger partial charge in [0.1, 0.15) is 5.75 Å². The molecular formula is C13H19NO2. The summed E-state index contributed by atoms with van der Waals surface area (Å²) in [7, 11) is 1.86. The molecule has 2 rings (SSSR count). The average molecular weight is 221 g/mol. The first-order valence-electron chi connectivity index (χ1n) is 5.87. The Morgan fingerprint density at radius 2 is 2.38 bits per heavy atom. The lowest BCUT2D eigenvalue weighted by Gasteiger charge is -2.10. The minimum atomic E-state index is -0.255. The molecule has 3 heteroatoms. The van der Waals surface area contributed by atoms with Crippen LogP contribution in [0.5, 0.6) is 5.75 Å². The van der Waals surface area contributed by atoms with E-state index < -0.39 is 0 Å². The lowest BCUT2D eigenvalue weighted by atomic mass is 10.0. The summed E-state index contributed by atoms with van der Waals surface area (Å²) in [5.74, 6) is 1.03. The van der Waals surface area contributed by atoms with Gasteiger partial charge in [0.15, 0.2) is 0 Å². The van der Waals surface area contributed by atoms with Gasteiger partial charge in [0.2, 0.25) is 0 Å². The Kier molecular flexibility index (Phi) is 3.80. The van der Waals surface area contributed by atoms with Crippen molar-refractivity contribution in [2.24, 2.45) is 0 Å². The van der Waals surface area contributed by atoms with E-state index in [0.29, 0.717) is 6.54 Å². The van der Waals surface area contributed by atoms with Crippen molar-refractivity contribution in [2.75, 3.05) is 20.2 Å². The van der Waals surface area contributed by atoms with Gasteiger partial charge in [-0.25, -0.2) is 0 Å². The zero-order valence-electron chi connectivity index (χ0n) is 9.70. The van der Waals surface area contributed by atoms with Gasteiger partial charge in [-0.1, -0.05) is 12.1 Å². The summed E-state index contributed by atoms with van der Waals surface area (Å²) in [5.41, 5.74) is 2.60. The van der Waals surface area contributed by atoms with Crippen LogP contribution in [0.25, 0.3) is 0 Å². The quantitative estimate of drug-likeness (QED) is 0.783. The Morgan fingerprint density at radius 1 is 1.50 bits per heavy atom. The molecule has 1 unspecified atom stereocenters. The van der Waals surface area contributed by atoms with E-state index in [2.05, 4.69) is 17.4 Å². The van der Waals surface area contributed by atoms with E-state index in [0.717, 1.165) is 31.6 Å². The molecule has 1 aliphatic rings. The highest BCUT2D eigenvalue weighted by Gasteiger charge is 2.12. The summed E-state index contributed by atoms with van der Waals surface area (Å²) in [6, 6.07) is 6.34. The Morgan fingerprint density at radius 3 is 3.19 bits per heavy atom. The number of likely N-dealkylation sites (N-methyl/N-ethyl adjacent to an activating group) is 1. The van der Waals surface area contributed by atoms with Crippen LogP contribution in [0.15, 0.2) is 18.2 Å². The largest absolute Gasteiger partial charge is 0.493 e. The Hall–Kier alpha value is -1.06. The van der Waals surface area contributed by atoms with Crippen LogP contribution in [0.3, 0.4) is 0 Å². The molecule has 0 amide bonds. The Bertz CT molecular complexity index is 352. The zero-order chi connectivity index (χ0) is 11.4. The number of aliphatic hydroxyl groups is 1. The highest BCUT2D eigenvalue weighted by molar-refractivity contribution is 5.39. The summed E-state index contributed by atoms with van der Waals surface area (Å²) in [6.07, 6.45) is 2.49. The van der Waals surface area contributed by atoms with E-state index in [-0.39, 0.29) is 6.10 Å². The van der Waals surface area contributed by atoms with Gasteiger partial charge in [0, 0.05) is 13.0 Å². The monoisotopic (exact) mass is 221 g/mol. The van der Waals surface area contributed by atoms with Gasteiger partial charge in [-0.3, -0.25) is 0 Å². The van der Waals surface area contributed by atoms with E-state index in [1.807, 2.05) is 13.1 Å². The number of aliphatic hydroxyl groups excluding tert-OH is 1. The third-order valence-electron chi connectivity index (χ3n) is 2.96. The van der Waals surface area contributed by atoms with Crippen molar-refractivity contribution in [3.8, 4) is 5.75 Å². The molecule has 0 saturated carbocycles. The number of ether oxygens (including phenoxy) is 1. The van der Waals surface area contributed by atoms with Gasteiger partial charge in [-0.15, -0.1) is 0 Å². The second-order valence-electron chi connectivity index (χ2n) is 4.29. The van der Waals surface area contributed by atoms with E-state index in [1.165, 1.54) is 11.1 Å². The van der Waals surface area contributed by atoms with Crippen LogP contribution in [-0.2, 0) is 12.8 Å². The van der Waals surface area contributed by atoms with E-state index in [1.54, 1.807) is 0 Å². The standard InChI is InChI=1S/C13H19NO2/c1-14-9-12(15)4-2-10-3-5-13-11(8-10)6-7-16-13/h3,5,8,12,14-15H,2,4,6-7,9H2,1H3. The molecular weight excluding hydrogens is 202 g/mol. The summed E-state index contributed by atoms with van der Waals surface area (Å²) in [5, 5.41) is 12.6. The van der Waals surface area contributed by atoms with Gasteiger partial charge < -0.3 is 15.2 Å². The number of aryl methyl sites for hydroxylation is 1. The first-order chi connectivity index (χ1) is 7.79. The molecule has 0 bridgehead atoms. The van der Waals surface area contributed by atoms with E-state index in [4.69, 9.17) is 4.74 Å². The SMILES string of the molecule is CNCC(O)CCc1ccc2c(c1)CCO2. The molecule has 1 atom stereocenters. The smallest absolute Gasteiger partial charge is 0.122 e. The molecule has 0 aromatic heterocycles. The molecule has 88 valence electrons. The number of hydrogen-bond acceptors (Lipinski definition) is 3. The van der Waals surface area contributed by atoms with Gasteiger partial charge >= 0.3 is 0 Å². The van der Waals surface area contributed by atoms with Crippen molar-refractivity contribution in [1.29, 1.82) is 0 Å². The topological polar surface area (TPSA) is 41.5 Å². The zero-order valence-corrected chi connectivity index (χ0v) is 9.70. The highest BCUT2D eigenvalue weighted by Crippen LogP contribution is 2.26. The molecule has 3 nitrogen and oxygen atoms in total. The maximum Gasteiger partial charge on any atom is 0.122 e. The first kappa shape index (κ1) is 11.4. The molecule has 0 fully saturated rings. The number of fused-ring (bicyclic) bond motifs is 1. The maximum atomic E-state index is 9.62. The van der Waals surface area contributed by atoms with Gasteiger partial charge in [-0.2, -0.15) is 0 Å². The highest BCUT2D eigenvalue weighted by atomic mass is 16.5. The summed E-state index contributed by atoms with van der Waals surface area (Å²) in [6.45, 7) is 1.47. The van der Waals surface area contributed by atoms with Crippen LogP contribution >= 0.6 is 0 Å². The van der Waals surface area contributed by atoms with Crippen LogP contribution in [0, 0.1) is 0 Å². The van der Waals surface area contributed by atoms with E-state index >= 15 is 0 Å². The van der Waals surface area contributed by atoms with Gasteiger partial charge in [0.25, 0.3) is 0 Å².